The van der Waals surface area contributed by atoms with Crippen LogP contribution in [0.2, 0.25) is 0 Å². The van der Waals surface area contributed by atoms with Gasteiger partial charge in [0, 0.05) is 13.1 Å². The first-order valence-electron chi connectivity index (χ1n) is 7.36. The number of carboxylic acids is 1. The molecule has 0 aromatic heterocycles. The Balaban J connectivity index is 2.81. The lowest BCUT2D eigenvalue weighted by molar-refractivity contribution is -0.146. The molecule has 0 radical (unpaired) electrons. The van der Waals surface area contributed by atoms with Crippen LogP contribution in [0, 0.1) is 5.92 Å². The van der Waals surface area contributed by atoms with Gasteiger partial charge in [-0.05, 0) is 25.2 Å². The number of rotatable bonds is 6. The fourth-order valence-corrected chi connectivity index (χ4v) is 2.90. The summed E-state index contributed by atoms with van der Waals surface area (Å²) in [6.45, 7) is 8.70. The second-order valence-electron chi connectivity index (χ2n) is 5.75. The number of hydrogen-bond acceptors (Lipinski definition) is 2. The molecule has 1 rings (SSSR count). The molecule has 2 N–H and O–H groups in total. The fraction of sp³-hybridized carbons (Fsp3) is 0.733. The summed E-state index contributed by atoms with van der Waals surface area (Å²) in [6, 6.07) is -0.303. The average Bonchev–Trinajstić information content (AvgIpc) is 2.38. The maximum Gasteiger partial charge on any atom is 0.329 e. The van der Waals surface area contributed by atoms with Crippen molar-refractivity contribution in [2.45, 2.75) is 51.5 Å². The van der Waals surface area contributed by atoms with Crippen molar-refractivity contribution in [3.63, 3.8) is 0 Å². The first kappa shape index (κ1) is 16.5. The van der Waals surface area contributed by atoms with E-state index < -0.39 is 11.5 Å². The SMILES string of the molecule is C=CCN(CCC)C(=O)NC1(C(=O)O)CCCC(C)C1. The van der Waals surface area contributed by atoms with Crippen molar-refractivity contribution in [3.8, 4) is 0 Å². The Labute approximate surface area is 121 Å². The summed E-state index contributed by atoms with van der Waals surface area (Å²) in [4.78, 5) is 25.6. The van der Waals surface area contributed by atoms with E-state index in [2.05, 4.69) is 11.9 Å². The first-order chi connectivity index (χ1) is 9.45. The third-order valence-electron chi connectivity index (χ3n) is 3.88. The summed E-state index contributed by atoms with van der Waals surface area (Å²) in [5.41, 5.74) is -1.11. The minimum Gasteiger partial charge on any atom is -0.480 e. The van der Waals surface area contributed by atoms with Crippen LogP contribution in [0.3, 0.4) is 0 Å². The molecule has 1 fully saturated rings. The van der Waals surface area contributed by atoms with Gasteiger partial charge in [-0.25, -0.2) is 9.59 Å². The van der Waals surface area contributed by atoms with Crippen molar-refractivity contribution in [2.75, 3.05) is 13.1 Å². The van der Waals surface area contributed by atoms with E-state index in [1.165, 1.54) is 0 Å². The van der Waals surface area contributed by atoms with Crippen LogP contribution < -0.4 is 5.32 Å². The molecule has 5 heteroatoms. The van der Waals surface area contributed by atoms with Gasteiger partial charge in [0.2, 0.25) is 0 Å². The van der Waals surface area contributed by atoms with Gasteiger partial charge in [0.05, 0.1) is 0 Å². The Morgan fingerprint density at radius 3 is 2.75 bits per heavy atom. The Morgan fingerprint density at radius 2 is 2.25 bits per heavy atom. The molecule has 0 spiro atoms. The van der Waals surface area contributed by atoms with E-state index in [-0.39, 0.29) is 6.03 Å². The Kier molecular flexibility index (Phi) is 6.05. The normalized spacial score (nSPS) is 25.8. The highest BCUT2D eigenvalue weighted by Gasteiger charge is 2.43. The fourth-order valence-electron chi connectivity index (χ4n) is 2.90. The summed E-state index contributed by atoms with van der Waals surface area (Å²) in [5.74, 6) is -0.605. The highest BCUT2D eigenvalue weighted by molar-refractivity contribution is 5.86. The van der Waals surface area contributed by atoms with Gasteiger partial charge in [-0.2, -0.15) is 0 Å². The summed E-state index contributed by atoms with van der Waals surface area (Å²) in [5, 5.41) is 12.3. The van der Waals surface area contributed by atoms with Crippen molar-refractivity contribution in [2.24, 2.45) is 5.92 Å². The lowest BCUT2D eigenvalue weighted by Gasteiger charge is -2.38. The molecule has 2 amide bonds. The molecule has 0 heterocycles. The smallest absolute Gasteiger partial charge is 0.329 e. The molecule has 5 nitrogen and oxygen atoms in total. The van der Waals surface area contributed by atoms with Gasteiger partial charge in [-0.15, -0.1) is 6.58 Å². The molecule has 2 unspecified atom stereocenters. The van der Waals surface area contributed by atoms with E-state index >= 15 is 0 Å². The first-order valence-corrected chi connectivity index (χ1v) is 7.36. The van der Waals surface area contributed by atoms with Gasteiger partial charge >= 0.3 is 12.0 Å². The van der Waals surface area contributed by atoms with Crippen LogP contribution >= 0.6 is 0 Å². The van der Waals surface area contributed by atoms with Crippen molar-refractivity contribution >= 4 is 12.0 Å². The van der Waals surface area contributed by atoms with Crippen molar-refractivity contribution < 1.29 is 14.7 Å². The number of aliphatic carboxylic acids is 1. The standard InChI is InChI=1S/C15H26N2O3/c1-4-9-17(10-5-2)14(20)16-15(13(18)19)8-6-7-12(3)11-15/h4,12H,1,5-11H2,2-3H3,(H,16,20)(H,18,19). The molecule has 0 aliphatic heterocycles. The Morgan fingerprint density at radius 1 is 1.55 bits per heavy atom. The van der Waals surface area contributed by atoms with Gasteiger partial charge < -0.3 is 15.3 Å². The van der Waals surface area contributed by atoms with Crippen LogP contribution in [0.25, 0.3) is 0 Å². The van der Waals surface area contributed by atoms with Crippen molar-refractivity contribution in [1.29, 1.82) is 0 Å². The lowest BCUT2D eigenvalue weighted by Crippen LogP contribution is -2.59. The predicted octanol–water partition coefficient (Wildman–Crippen LogP) is 2.63. The molecule has 1 aliphatic rings. The highest BCUT2D eigenvalue weighted by atomic mass is 16.4. The monoisotopic (exact) mass is 282 g/mol. The maximum absolute atomic E-state index is 12.3. The number of carboxylic acid groups (broad SMARTS) is 1. The van der Waals surface area contributed by atoms with E-state index in [0.29, 0.717) is 31.8 Å². The molecule has 1 saturated carbocycles. The molecule has 0 aromatic rings. The van der Waals surface area contributed by atoms with Crippen LogP contribution in [-0.4, -0.2) is 40.6 Å². The number of nitrogens with zero attached hydrogens (tertiary/aromatic N) is 1. The van der Waals surface area contributed by atoms with Gasteiger partial charge in [-0.1, -0.05) is 32.8 Å². The van der Waals surface area contributed by atoms with Crippen molar-refractivity contribution in [1.82, 2.24) is 10.2 Å². The minimum atomic E-state index is -1.11. The molecule has 2 atom stereocenters. The summed E-state index contributed by atoms with van der Waals surface area (Å²) >= 11 is 0. The number of amides is 2. The zero-order valence-corrected chi connectivity index (χ0v) is 12.5. The van der Waals surface area contributed by atoms with Crippen LogP contribution in [0.5, 0.6) is 0 Å². The van der Waals surface area contributed by atoms with Gasteiger partial charge in [-0.3, -0.25) is 0 Å². The molecule has 0 saturated heterocycles. The molecule has 20 heavy (non-hydrogen) atoms. The van der Waals surface area contributed by atoms with Crippen LogP contribution in [-0.2, 0) is 4.79 Å². The highest BCUT2D eigenvalue weighted by Crippen LogP contribution is 2.32. The average molecular weight is 282 g/mol. The Bertz CT molecular complexity index is 370. The third kappa shape index (κ3) is 3.99. The van der Waals surface area contributed by atoms with Gasteiger partial charge in [0.1, 0.15) is 5.54 Å². The summed E-state index contributed by atoms with van der Waals surface area (Å²) in [7, 11) is 0. The largest absolute Gasteiger partial charge is 0.480 e. The number of nitrogens with one attached hydrogen (secondary N) is 1. The van der Waals surface area contributed by atoms with Crippen LogP contribution in [0.15, 0.2) is 12.7 Å². The van der Waals surface area contributed by atoms with Crippen LogP contribution in [0.1, 0.15) is 46.0 Å². The topological polar surface area (TPSA) is 69.6 Å². The quantitative estimate of drug-likeness (QED) is 0.736. The van der Waals surface area contributed by atoms with Crippen LogP contribution in [0.4, 0.5) is 4.79 Å². The van der Waals surface area contributed by atoms with E-state index in [9.17, 15) is 14.7 Å². The second-order valence-corrected chi connectivity index (χ2v) is 5.75. The maximum atomic E-state index is 12.3. The summed E-state index contributed by atoms with van der Waals surface area (Å²) in [6.07, 6.45) is 5.36. The van der Waals surface area contributed by atoms with E-state index in [0.717, 1.165) is 19.3 Å². The number of carbonyl (C=O) groups is 2. The molecular formula is C15H26N2O3. The lowest BCUT2D eigenvalue weighted by atomic mass is 9.76. The van der Waals surface area contributed by atoms with E-state index in [1.807, 2.05) is 13.8 Å². The molecule has 0 bridgehead atoms. The zero-order chi connectivity index (χ0) is 15.2. The molecule has 1 aliphatic carbocycles. The third-order valence-corrected chi connectivity index (χ3v) is 3.88. The molecule has 114 valence electrons. The van der Waals surface area contributed by atoms with E-state index in [1.54, 1.807) is 11.0 Å². The molecular weight excluding hydrogens is 256 g/mol. The summed E-state index contributed by atoms with van der Waals surface area (Å²) < 4.78 is 0. The minimum absolute atomic E-state index is 0.303. The zero-order valence-electron chi connectivity index (χ0n) is 12.5. The van der Waals surface area contributed by atoms with Gasteiger partial charge in [0.15, 0.2) is 0 Å². The number of urea groups is 1. The molecule has 0 aromatic carbocycles. The Hall–Kier alpha value is -1.52. The second kappa shape index (κ2) is 7.31. The van der Waals surface area contributed by atoms with E-state index in [4.69, 9.17) is 0 Å². The van der Waals surface area contributed by atoms with Crippen molar-refractivity contribution in [3.05, 3.63) is 12.7 Å². The predicted molar refractivity (Wildman–Crippen MR) is 78.6 cm³/mol. The number of carbonyl (C=O) groups excluding carboxylic acids is 1. The van der Waals surface area contributed by atoms with Gasteiger partial charge in [0.25, 0.3) is 0 Å². The number of hydrogen-bond donors (Lipinski definition) is 2.